The normalized spacial score (nSPS) is 14.2. The molecule has 0 bridgehead atoms. The molecule has 1 amide bonds. The molecule has 0 aromatic rings. The fourth-order valence-corrected chi connectivity index (χ4v) is 3.39. The van der Waals surface area contributed by atoms with Crippen LogP contribution in [0, 0.1) is 5.92 Å². The minimum Gasteiger partial charge on any atom is -0.369 e. The number of nitrogens with two attached hydrogens (primary N) is 1. The first-order valence-corrected chi connectivity index (χ1v) is 9.50. The van der Waals surface area contributed by atoms with Crippen molar-refractivity contribution in [1.82, 2.24) is 4.90 Å². The van der Waals surface area contributed by atoms with Gasteiger partial charge in [-0.25, -0.2) is 0 Å². The van der Waals surface area contributed by atoms with Crippen LogP contribution in [0.4, 0.5) is 0 Å². The van der Waals surface area contributed by atoms with Crippen molar-refractivity contribution in [3.63, 3.8) is 0 Å². The number of rotatable bonds is 15. The van der Waals surface area contributed by atoms with Crippen molar-refractivity contribution >= 4 is 5.91 Å². The number of hydrogen-bond donors (Lipinski definition) is 1. The number of amides is 1. The topological polar surface area (TPSA) is 46.3 Å². The number of primary amides is 1. The molecule has 3 heteroatoms. The van der Waals surface area contributed by atoms with Gasteiger partial charge in [0, 0.05) is 6.04 Å². The van der Waals surface area contributed by atoms with Crippen LogP contribution in [0.5, 0.6) is 0 Å². The predicted molar refractivity (Wildman–Crippen MR) is 96.9 cm³/mol. The number of hydrogen-bond acceptors (Lipinski definition) is 2. The van der Waals surface area contributed by atoms with Crippen molar-refractivity contribution in [2.24, 2.45) is 11.7 Å². The molecule has 0 aliphatic carbocycles. The first-order valence-electron chi connectivity index (χ1n) is 9.50. The van der Waals surface area contributed by atoms with E-state index in [0.29, 0.717) is 0 Å². The molecule has 0 spiro atoms. The summed E-state index contributed by atoms with van der Waals surface area (Å²) in [6, 6.07) is 0.288. The summed E-state index contributed by atoms with van der Waals surface area (Å²) in [7, 11) is 4.09. The van der Waals surface area contributed by atoms with Crippen LogP contribution in [-0.2, 0) is 4.79 Å². The van der Waals surface area contributed by atoms with Gasteiger partial charge in [-0.3, -0.25) is 4.79 Å². The molecule has 2 N–H and O–H groups in total. The van der Waals surface area contributed by atoms with Gasteiger partial charge in [0.15, 0.2) is 0 Å². The van der Waals surface area contributed by atoms with Gasteiger partial charge in [-0.15, -0.1) is 0 Å². The predicted octanol–water partition coefficient (Wildman–Crippen LogP) is 4.74. The second-order valence-electron chi connectivity index (χ2n) is 6.92. The summed E-state index contributed by atoms with van der Waals surface area (Å²) in [5.41, 5.74) is 5.61. The summed E-state index contributed by atoms with van der Waals surface area (Å²) in [5, 5.41) is 0. The molecule has 0 rings (SSSR count). The van der Waals surface area contributed by atoms with E-state index in [1.54, 1.807) is 0 Å². The van der Waals surface area contributed by atoms with E-state index in [0.717, 1.165) is 19.3 Å². The number of unbranched alkanes of at least 4 members (excludes halogenated alkanes) is 9. The van der Waals surface area contributed by atoms with E-state index in [2.05, 4.69) is 18.7 Å². The SMILES string of the molecule is CCCCCCCCCCCCC(C(N)=O)C(CC)N(C)C. The van der Waals surface area contributed by atoms with Gasteiger partial charge in [-0.05, 0) is 26.9 Å². The molecule has 0 saturated carbocycles. The Morgan fingerprint density at radius 1 is 0.864 bits per heavy atom. The minimum absolute atomic E-state index is 0.00837. The van der Waals surface area contributed by atoms with Crippen LogP contribution in [0.1, 0.15) is 90.9 Å². The van der Waals surface area contributed by atoms with E-state index in [4.69, 9.17) is 5.73 Å². The van der Waals surface area contributed by atoms with Crippen molar-refractivity contribution in [3.05, 3.63) is 0 Å². The molecule has 0 fully saturated rings. The lowest BCUT2D eigenvalue weighted by atomic mass is 9.90. The lowest BCUT2D eigenvalue weighted by Crippen LogP contribution is -2.41. The highest BCUT2D eigenvalue weighted by Crippen LogP contribution is 2.20. The zero-order valence-electron chi connectivity index (χ0n) is 15.6. The van der Waals surface area contributed by atoms with E-state index < -0.39 is 0 Å². The quantitative estimate of drug-likeness (QED) is 0.444. The third-order valence-electron chi connectivity index (χ3n) is 4.78. The van der Waals surface area contributed by atoms with Crippen LogP contribution in [0.25, 0.3) is 0 Å². The highest BCUT2D eigenvalue weighted by atomic mass is 16.1. The van der Waals surface area contributed by atoms with Crippen LogP contribution in [-0.4, -0.2) is 30.9 Å². The molecule has 0 heterocycles. The molecule has 3 nitrogen and oxygen atoms in total. The van der Waals surface area contributed by atoms with Gasteiger partial charge in [0.25, 0.3) is 0 Å². The Morgan fingerprint density at radius 3 is 1.68 bits per heavy atom. The van der Waals surface area contributed by atoms with Crippen molar-refractivity contribution < 1.29 is 4.79 Å². The van der Waals surface area contributed by atoms with Gasteiger partial charge < -0.3 is 10.6 Å². The molecule has 2 unspecified atom stereocenters. The molecule has 22 heavy (non-hydrogen) atoms. The molecule has 0 aromatic carbocycles. The summed E-state index contributed by atoms with van der Waals surface area (Å²) in [5.74, 6) is -0.120. The molecule has 2 atom stereocenters. The molecule has 0 aromatic heterocycles. The molecular formula is C19H40N2O. The number of carbonyl (C=O) groups is 1. The van der Waals surface area contributed by atoms with Crippen LogP contribution < -0.4 is 5.73 Å². The Bertz CT molecular complexity index is 266. The average molecular weight is 313 g/mol. The van der Waals surface area contributed by atoms with Gasteiger partial charge >= 0.3 is 0 Å². The summed E-state index contributed by atoms with van der Waals surface area (Å²) in [6.45, 7) is 4.40. The molecule has 132 valence electrons. The largest absolute Gasteiger partial charge is 0.369 e. The fraction of sp³-hybridized carbons (Fsp3) is 0.947. The molecule has 0 aliphatic heterocycles. The van der Waals surface area contributed by atoms with Crippen LogP contribution in [0.2, 0.25) is 0 Å². The summed E-state index contributed by atoms with van der Waals surface area (Å²) in [6.07, 6.45) is 15.2. The second-order valence-corrected chi connectivity index (χ2v) is 6.92. The first-order chi connectivity index (χ1) is 10.5. The average Bonchev–Trinajstić information content (AvgIpc) is 2.47. The smallest absolute Gasteiger partial charge is 0.222 e. The standard InChI is InChI=1S/C19H40N2O/c1-5-7-8-9-10-11-12-13-14-15-16-17(19(20)22)18(6-2)21(3)4/h17-18H,5-16H2,1-4H3,(H2,20,22). The Hall–Kier alpha value is -0.570. The third-order valence-corrected chi connectivity index (χ3v) is 4.78. The monoisotopic (exact) mass is 312 g/mol. The van der Waals surface area contributed by atoms with Crippen LogP contribution in [0.3, 0.4) is 0 Å². The second kappa shape index (κ2) is 14.0. The highest BCUT2D eigenvalue weighted by Gasteiger charge is 2.26. The highest BCUT2D eigenvalue weighted by molar-refractivity contribution is 5.77. The Balaban J connectivity index is 3.71. The van der Waals surface area contributed by atoms with Gasteiger partial charge in [0.2, 0.25) is 5.91 Å². The zero-order chi connectivity index (χ0) is 16.8. The Morgan fingerprint density at radius 2 is 1.32 bits per heavy atom. The minimum atomic E-state index is -0.128. The van der Waals surface area contributed by atoms with Crippen LogP contribution >= 0.6 is 0 Å². The van der Waals surface area contributed by atoms with Crippen molar-refractivity contribution in [2.45, 2.75) is 96.9 Å². The maximum absolute atomic E-state index is 11.7. The molecular weight excluding hydrogens is 272 g/mol. The van der Waals surface area contributed by atoms with E-state index in [1.165, 1.54) is 57.8 Å². The Labute approximate surface area is 139 Å². The lowest BCUT2D eigenvalue weighted by molar-refractivity contribution is -0.124. The van der Waals surface area contributed by atoms with Crippen LogP contribution in [0.15, 0.2) is 0 Å². The number of nitrogens with zero attached hydrogens (tertiary/aromatic N) is 1. The lowest BCUT2D eigenvalue weighted by Gasteiger charge is -2.29. The first kappa shape index (κ1) is 21.4. The summed E-state index contributed by atoms with van der Waals surface area (Å²) < 4.78 is 0. The Kier molecular flexibility index (Phi) is 13.7. The third kappa shape index (κ3) is 10.2. The van der Waals surface area contributed by atoms with E-state index in [1.807, 2.05) is 14.1 Å². The molecule has 0 radical (unpaired) electrons. The van der Waals surface area contributed by atoms with Gasteiger partial charge in [-0.2, -0.15) is 0 Å². The van der Waals surface area contributed by atoms with Crippen molar-refractivity contribution in [2.75, 3.05) is 14.1 Å². The summed E-state index contributed by atoms with van der Waals surface area (Å²) in [4.78, 5) is 13.8. The molecule has 0 saturated heterocycles. The fourth-order valence-electron chi connectivity index (χ4n) is 3.39. The van der Waals surface area contributed by atoms with E-state index in [-0.39, 0.29) is 17.9 Å². The zero-order valence-corrected chi connectivity index (χ0v) is 15.6. The van der Waals surface area contributed by atoms with Gasteiger partial charge in [-0.1, -0.05) is 78.1 Å². The van der Waals surface area contributed by atoms with Crippen molar-refractivity contribution in [3.8, 4) is 0 Å². The van der Waals surface area contributed by atoms with Crippen molar-refractivity contribution in [1.29, 1.82) is 0 Å². The van der Waals surface area contributed by atoms with E-state index >= 15 is 0 Å². The van der Waals surface area contributed by atoms with E-state index in [9.17, 15) is 4.79 Å². The van der Waals surface area contributed by atoms with Gasteiger partial charge in [0.05, 0.1) is 5.92 Å². The number of carbonyl (C=O) groups excluding carboxylic acids is 1. The molecule has 0 aliphatic rings. The maximum Gasteiger partial charge on any atom is 0.222 e. The maximum atomic E-state index is 11.7. The summed E-state index contributed by atoms with van der Waals surface area (Å²) >= 11 is 0. The van der Waals surface area contributed by atoms with Gasteiger partial charge in [0.1, 0.15) is 0 Å².